The van der Waals surface area contributed by atoms with Gasteiger partial charge in [-0.25, -0.2) is 8.78 Å². The minimum Gasteiger partial charge on any atom is -0.308 e. The molecule has 1 saturated carbocycles. The largest absolute Gasteiger partial charge is 0.308 e. The van der Waals surface area contributed by atoms with Crippen LogP contribution in [0, 0.1) is 5.92 Å². The number of nitrogens with zero attached hydrogens (tertiary/aromatic N) is 3. The summed E-state index contributed by atoms with van der Waals surface area (Å²) in [6.07, 6.45) is -0.201. The lowest BCUT2D eigenvalue weighted by molar-refractivity contribution is 0.133. The Hall–Kier alpha value is -1.04. The fourth-order valence-electron chi connectivity index (χ4n) is 2.18. The Labute approximate surface area is 85.7 Å². The molecule has 0 bridgehead atoms. The molecule has 1 aromatic rings. The summed E-state index contributed by atoms with van der Waals surface area (Å²) in [6, 6.07) is 0.138. The highest BCUT2D eigenvalue weighted by Crippen LogP contribution is 2.41. The lowest BCUT2D eigenvalue weighted by Crippen LogP contribution is -2.35. The quantitative estimate of drug-likeness (QED) is 0.806. The van der Waals surface area contributed by atoms with Crippen molar-refractivity contribution in [2.24, 2.45) is 5.92 Å². The van der Waals surface area contributed by atoms with Gasteiger partial charge in [-0.3, -0.25) is 0 Å². The van der Waals surface area contributed by atoms with E-state index in [4.69, 9.17) is 0 Å². The maximum atomic E-state index is 12.6. The number of aromatic nitrogens is 3. The summed E-state index contributed by atoms with van der Waals surface area (Å²) in [4.78, 5) is 0. The van der Waals surface area contributed by atoms with Gasteiger partial charge in [0, 0.05) is 13.1 Å². The van der Waals surface area contributed by atoms with Crippen molar-refractivity contribution < 1.29 is 8.78 Å². The minimum absolute atomic E-state index is 0.138. The van der Waals surface area contributed by atoms with Crippen LogP contribution >= 0.6 is 0 Å². The van der Waals surface area contributed by atoms with Crippen LogP contribution in [0.4, 0.5) is 8.78 Å². The molecule has 15 heavy (non-hydrogen) atoms. The summed E-state index contributed by atoms with van der Waals surface area (Å²) in [5.74, 6) is 1.08. The summed E-state index contributed by atoms with van der Waals surface area (Å²) in [5, 5.41) is 10.8. The zero-order chi connectivity index (χ0) is 10.4. The van der Waals surface area contributed by atoms with E-state index in [2.05, 4.69) is 15.5 Å². The second-order valence-corrected chi connectivity index (χ2v) is 4.14. The Morgan fingerprint density at radius 3 is 2.80 bits per heavy atom. The number of hydrogen-bond donors (Lipinski definition) is 1. The molecule has 1 aliphatic heterocycles. The van der Waals surface area contributed by atoms with Gasteiger partial charge in [0.2, 0.25) is 0 Å². The highest BCUT2D eigenvalue weighted by atomic mass is 19.3. The number of nitrogens with one attached hydrogen (secondary N) is 1. The van der Waals surface area contributed by atoms with Crippen LogP contribution in [0.1, 0.15) is 37.0 Å². The molecule has 2 heterocycles. The van der Waals surface area contributed by atoms with Crippen molar-refractivity contribution in [2.45, 2.75) is 31.9 Å². The van der Waals surface area contributed by atoms with Crippen molar-refractivity contribution >= 4 is 0 Å². The molecule has 6 heteroatoms. The highest BCUT2D eigenvalue weighted by molar-refractivity contribution is 5.09. The van der Waals surface area contributed by atoms with E-state index in [-0.39, 0.29) is 11.9 Å². The normalized spacial score (nSPS) is 25.7. The number of halogens is 2. The van der Waals surface area contributed by atoms with E-state index in [9.17, 15) is 8.78 Å². The molecular weight excluding hydrogens is 202 g/mol. The smallest absolute Gasteiger partial charge is 0.297 e. The standard InChI is InChI=1S/C9H12F2N4/c10-7(11)9-14-13-8-6(5-1-2-5)12-3-4-15(8)9/h5-7,12H,1-4H2. The van der Waals surface area contributed by atoms with E-state index in [1.54, 1.807) is 4.57 Å². The molecule has 1 atom stereocenters. The summed E-state index contributed by atoms with van der Waals surface area (Å²) < 4.78 is 26.8. The van der Waals surface area contributed by atoms with Gasteiger partial charge in [0.05, 0.1) is 6.04 Å². The molecule has 1 N–H and O–H groups in total. The average Bonchev–Trinajstić information content (AvgIpc) is 2.96. The van der Waals surface area contributed by atoms with E-state index < -0.39 is 6.43 Å². The lowest BCUT2D eigenvalue weighted by Gasteiger charge is -2.24. The predicted molar refractivity (Wildman–Crippen MR) is 48.4 cm³/mol. The van der Waals surface area contributed by atoms with Crippen molar-refractivity contribution in [1.29, 1.82) is 0 Å². The fraction of sp³-hybridized carbons (Fsp3) is 0.778. The van der Waals surface area contributed by atoms with Gasteiger partial charge in [0.25, 0.3) is 6.43 Å². The van der Waals surface area contributed by atoms with Gasteiger partial charge in [0.1, 0.15) is 0 Å². The minimum atomic E-state index is -2.52. The predicted octanol–water partition coefficient (Wildman–Crippen LogP) is 1.27. The van der Waals surface area contributed by atoms with Crippen molar-refractivity contribution in [1.82, 2.24) is 20.1 Å². The highest BCUT2D eigenvalue weighted by Gasteiger charge is 2.38. The van der Waals surface area contributed by atoms with Gasteiger partial charge in [-0.1, -0.05) is 0 Å². The Morgan fingerprint density at radius 1 is 1.33 bits per heavy atom. The molecule has 3 rings (SSSR count). The average molecular weight is 214 g/mol. The molecule has 0 saturated heterocycles. The third-order valence-electron chi connectivity index (χ3n) is 3.07. The van der Waals surface area contributed by atoms with Crippen LogP contribution in [0.2, 0.25) is 0 Å². The van der Waals surface area contributed by atoms with Crippen molar-refractivity contribution in [3.8, 4) is 0 Å². The molecule has 1 aliphatic carbocycles. The molecule has 1 fully saturated rings. The Bertz CT molecular complexity index is 372. The zero-order valence-electron chi connectivity index (χ0n) is 8.16. The molecular formula is C9H12F2N4. The van der Waals surface area contributed by atoms with E-state index in [0.717, 1.165) is 19.4 Å². The maximum Gasteiger partial charge on any atom is 0.297 e. The Morgan fingerprint density at radius 2 is 2.13 bits per heavy atom. The van der Waals surface area contributed by atoms with Gasteiger partial charge < -0.3 is 9.88 Å². The third kappa shape index (κ3) is 1.43. The fourth-order valence-corrected chi connectivity index (χ4v) is 2.18. The van der Waals surface area contributed by atoms with Gasteiger partial charge in [-0.15, -0.1) is 10.2 Å². The van der Waals surface area contributed by atoms with E-state index in [1.165, 1.54) is 0 Å². The molecule has 0 amide bonds. The first-order chi connectivity index (χ1) is 7.27. The second-order valence-electron chi connectivity index (χ2n) is 4.14. The molecule has 82 valence electrons. The van der Waals surface area contributed by atoms with Crippen molar-refractivity contribution in [2.75, 3.05) is 6.54 Å². The third-order valence-corrected chi connectivity index (χ3v) is 3.07. The van der Waals surface area contributed by atoms with Gasteiger partial charge in [-0.2, -0.15) is 0 Å². The van der Waals surface area contributed by atoms with Gasteiger partial charge >= 0.3 is 0 Å². The molecule has 2 aliphatic rings. The Balaban J connectivity index is 1.98. The van der Waals surface area contributed by atoms with Crippen LogP contribution in [0.3, 0.4) is 0 Å². The van der Waals surface area contributed by atoms with Crippen LogP contribution in [-0.2, 0) is 6.54 Å². The van der Waals surface area contributed by atoms with E-state index >= 15 is 0 Å². The number of alkyl halides is 2. The first kappa shape index (κ1) is 9.21. The number of rotatable bonds is 2. The molecule has 1 unspecified atom stereocenters. The molecule has 0 spiro atoms. The first-order valence-corrected chi connectivity index (χ1v) is 5.22. The van der Waals surface area contributed by atoms with Crippen LogP contribution in [0.5, 0.6) is 0 Å². The number of fused-ring (bicyclic) bond motifs is 1. The summed E-state index contributed by atoms with van der Waals surface area (Å²) >= 11 is 0. The summed E-state index contributed by atoms with van der Waals surface area (Å²) in [6.45, 7) is 1.27. The first-order valence-electron chi connectivity index (χ1n) is 5.22. The monoisotopic (exact) mass is 214 g/mol. The maximum absolute atomic E-state index is 12.6. The zero-order valence-corrected chi connectivity index (χ0v) is 8.16. The molecule has 0 radical (unpaired) electrons. The SMILES string of the molecule is FC(F)c1nnc2n1CCNC2C1CC1. The van der Waals surface area contributed by atoms with Crippen LogP contribution < -0.4 is 5.32 Å². The molecule has 4 nitrogen and oxygen atoms in total. The van der Waals surface area contributed by atoms with Crippen LogP contribution in [0.15, 0.2) is 0 Å². The van der Waals surface area contributed by atoms with Crippen molar-refractivity contribution in [3.05, 3.63) is 11.6 Å². The lowest BCUT2D eigenvalue weighted by atomic mass is 10.1. The topological polar surface area (TPSA) is 42.7 Å². The molecule has 1 aromatic heterocycles. The van der Waals surface area contributed by atoms with Gasteiger partial charge in [-0.05, 0) is 18.8 Å². The van der Waals surface area contributed by atoms with Gasteiger partial charge in [0.15, 0.2) is 11.6 Å². The summed E-state index contributed by atoms with van der Waals surface area (Å²) in [5.41, 5.74) is 0. The molecule has 0 aromatic carbocycles. The van der Waals surface area contributed by atoms with E-state index in [1.807, 2.05) is 0 Å². The summed E-state index contributed by atoms with van der Waals surface area (Å²) in [7, 11) is 0. The van der Waals surface area contributed by atoms with E-state index in [0.29, 0.717) is 18.3 Å². The number of hydrogen-bond acceptors (Lipinski definition) is 3. The van der Waals surface area contributed by atoms with Crippen LogP contribution in [-0.4, -0.2) is 21.3 Å². The Kier molecular flexibility index (Phi) is 1.98. The van der Waals surface area contributed by atoms with Crippen molar-refractivity contribution in [3.63, 3.8) is 0 Å². The van der Waals surface area contributed by atoms with Crippen LogP contribution in [0.25, 0.3) is 0 Å². The second kappa shape index (κ2) is 3.23.